The fourth-order valence-corrected chi connectivity index (χ4v) is 8.53. The van der Waals surface area contributed by atoms with Gasteiger partial charge in [0.1, 0.15) is 6.10 Å². The number of fused-ring (bicyclic) bond motifs is 7. The maximum Gasteiger partial charge on any atom is 0.111 e. The van der Waals surface area contributed by atoms with E-state index in [1.807, 2.05) is 13.8 Å². The van der Waals surface area contributed by atoms with Crippen LogP contribution in [0.1, 0.15) is 79.6 Å². The van der Waals surface area contributed by atoms with Crippen LogP contribution in [0.3, 0.4) is 0 Å². The molecule has 3 N–H and O–H groups in total. The lowest BCUT2D eigenvalue weighted by Gasteiger charge is -2.56. The number of allylic oxidation sites excluding steroid dienone is 2. The second-order valence-corrected chi connectivity index (χ2v) is 12.6. The number of aliphatic hydroxyl groups is 3. The molecule has 0 unspecified atom stereocenters. The molecule has 1 saturated heterocycles. The van der Waals surface area contributed by atoms with Crippen LogP contribution in [0.4, 0.5) is 0 Å². The summed E-state index contributed by atoms with van der Waals surface area (Å²) in [5.74, 6) is 1.87. The van der Waals surface area contributed by atoms with E-state index in [-0.39, 0.29) is 35.1 Å². The van der Waals surface area contributed by atoms with Crippen LogP contribution in [0.5, 0.6) is 0 Å². The summed E-state index contributed by atoms with van der Waals surface area (Å²) in [5, 5.41) is 32.1. The lowest BCUT2D eigenvalue weighted by molar-refractivity contribution is -0.0525. The maximum absolute atomic E-state index is 11.6. The summed E-state index contributed by atoms with van der Waals surface area (Å²) in [6, 6.07) is 0. The van der Waals surface area contributed by atoms with Gasteiger partial charge >= 0.3 is 0 Å². The van der Waals surface area contributed by atoms with Gasteiger partial charge < -0.3 is 20.1 Å². The van der Waals surface area contributed by atoms with Crippen molar-refractivity contribution in [1.82, 2.24) is 0 Å². The monoisotopic (exact) mass is 430 g/mol. The lowest BCUT2D eigenvalue weighted by Crippen LogP contribution is -2.55. The van der Waals surface area contributed by atoms with Crippen LogP contribution in [0.2, 0.25) is 0 Å². The Labute approximate surface area is 187 Å². The second kappa shape index (κ2) is 7.16. The Morgan fingerprint density at radius 2 is 1.90 bits per heavy atom. The third kappa shape index (κ3) is 3.31. The van der Waals surface area contributed by atoms with Crippen molar-refractivity contribution < 1.29 is 20.1 Å². The third-order valence-electron chi connectivity index (χ3n) is 10.1. The van der Waals surface area contributed by atoms with Crippen LogP contribution in [-0.2, 0) is 4.74 Å². The zero-order valence-corrected chi connectivity index (χ0v) is 20.0. The standard InChI is InChI=1S/C27H42O4/c1-15(7-6-12-25(2,3)30)18-10-11-19-17-9-8-16-13-20(28)23-24(31-23)27(16,5)22(17)21(29)14-26(18,19)4/h8-9,15,18-24,28-30H,6-7,10-14H2,1-5H3/t15-,18-,19+,20-,21-,22-,23+,24+,26-,27+/m1/s1. The van der Waals surface area contributed by atoms with Gasteiger partial charge in [-0.05, 0) is 69.1 Å². The molecule has 1 heterocycles. The topological polar surface area (TPSA) is 73.2 Å². The smallest absolute Gasteiger partial charge is 0.111 e. The largest absolute Gasteiger partial charge is 0.392 e. The van der Waals surface area contributed by atoms with Crippen LogP contribution in [0.25, 0.3) is 0 Å². The molecule has 0 radical (unpaired) electrons. The Hall–Kier alpha value is -0.680. The zero-order valence-electron chi connectivity index (χ0n) is 20.0. The number of epoxide rings is 1. The van der Waals surface area contributed by atoms with E-state index in [4.69, 9.17) is 4.74 Å². The average molecular weight is 431 g/mol. The summed E-state index contributed by atoms with van der Waals surface area (Å²) in [7, 11) is 0. The first-order valence-corrected chi connectivity index (χ1v) is 12.6. The summed E-state index contributed by atoms with van der Waals surface area (Å²) in [5.41, 5.74) is 2.09. The van der Waals surface area contributed by atoms with Crippen LogP contribution >= 0.6 is 0 Å². The Morgan fingerprint density at radius 1 is 1.16 bits per heavy atom. The summed E-state index contributed by atoms with van der Waals surface area (Å²) in [6.45, 7) is 10.9. The number of ether oxygens (including phenoxy) is 1. The minimum atomic E-state index is -0.585. The van der Waals surface area contributed by atoms with Crippen molar-refractivity contribution in [2.24, 2.45) is 34.5 Å². The molecule has 5 rings (SSSR count). The molecule has 0 spiro atoms. The molecule has 0 amide bonds. The molecule has 4 fully saturated rings. The molecular weight excluding hydrogens is 388 g/mol. The Bertz CT molecular complexity index is 794. The number of aliphatic hydroxyl groups excluding tert-OH is 2. The van der Waals surface area contributed by atoms with Crippen LogP contribution in [-0.4, -0.2) is 45.3 Å². The summed E-state index contributed by atoms with van der Waals surface area (Å²) in [6.07, 6.45) is 10.8. The van der Waals surface area contributed by atoms with Crippen molar-refractivity contribution in [3.05, 3.63) is 23.3 Å². The van der Waals surface area contributed by atoms with Crippen molar-refractivity contribution in [3.63, 3.8) is 0 Å². The SMILES string of the molecule is C[C@H](CCCC(C)(C)O)[C@H]1CC[C@H]2C3=CC=C4C[C@@H](O)[C@@H]5O[C@@H]5[C@]4(C)[C@H]3[C@H](O)C[C@]12C. The first-order valence-electron chi connectivity index (χ1n) is 12.6. The van der Waals surface area contributed by atoms with Gasteiger partial charge in [0.25, 0.3) is 0 Å². The van der Waals surface area contributed by atoms with Gasteiger partial charge in [0.2, 0.25) is 0 Å². The van der Waals surface area contributed by atoms with Crippen LogP contribution in [0.15, 0.2) is 23.3 Å². The highest BCUT2D eigenvalue weighted by Gasteiger charge is 2.68. The molecule has 4 aliphatic carbocycles. The van der Waals surface area contributed by atoms with Crippen molar-refractivity contribution in [3.8, 4) is 0 Å². The second-order valence-electron chi connectivity index (χ2n) is 12.6. The molecule has 0 aromatic rings. The fourth-order valence-electron chi connectivity index (χ4n) is 8.53. The van der Waals surface area contributed by atoms with Crippen molar-refractivity contribution in [2.75, 3.05) is 0 Å². The number of rotatable bonds is 5. The highest BCUT2D eigenvalue weighted by Crippen LogP contribution is 2.68. The predicted octanol–water partition coefficient (Wildman–Crippen LogP) is 4.38. The van der Waals surface area contributed by atoms with Crippen LogP contribution < -0.4 is 0 Å². The molecule has 174 valence electrons. The van der Waals surface area contributed by atoms with E-state index in [9.17, 15) is 15.3 Å². The van der Waals surface area contributed by atoms with Gasteiger partial charge in [0, 0.05) is 11.3 Å². The third-order valence-corrected chi connectivity index (χ3v) is 10.1. The molecule has 1 aliphatic heterocycles. The predicted molar refractivity (Wildman–Crippen MR) is 121 cm³/mol. The fraction of sp³-hybridized carbons (Fsp3) is 0.852. The molecule has 4 nitrogen and oxygen atoms in total. The normalized spacial score (nSPS) is 49.2. The van der Waals surface area contributed by atoms with Crippen LogP contribution in [0, 0.1) is 34.5 Å². The molecular formula is C27H42O4. The Morgan fingerprint density at radius 3 is 2.61 bits per heavy atom. The lowest BCUT2D eigenvalue weighted by atomic mass is 9.49. The summed E-state index contributed by atoms with van der Waals surface area (Å²) in [4.78, 5) is 0. The first kappa shape index (κ1) is 22.1. The van der Waals surface area contributed by atoms with E-state index in [0.717, 1.165) is 25.7 Å². The molecule has 3 saturated carbocycles. The average Bonchev–Trinajstić information content (AvgIpc) is 3.40. The molecule has 0 bridgehead atoms. The minimum absolute atomic E-state index is 0.0471. The van der Waals surface area contributed by atoms with Gasteiger partial charge in [-0.25, -0.2) is 0 Å². The van der Waals surface area contributed by atoms with E-state index >= 15 is 0 Å². The minimum Gasteiger partial charge on any atom is -0.392 e. The Kier molecular flexibility index (Phi) is 5.11. The van der Waals surface area contributed by atoms with Crippen molar-refractivity contribution in [1.29, 1.82) is 0 Å². The van der Waals surface area contributed by atoms with Gasteiger partial charge in [0.05, 0.1) is 23.9 Å². The first-order chi connectivity index (χ1) is 14.5. The number of hydrogen-bond acceptors (Lipinski definition) is 4. The van der Waals surface area contributed by atoms with E-state index in [2.05, 4.69) is 32.9 Å². The van der Waals surface area contributed by atoms with Gasteiger partial charge in [0.15, 0.2) is 0 Å². The van der Waals surface area contributed by atoms with Crippen molar-refractivity contribution >= 4 is 0 Å². The number of hydrogen-bond donors (Lipinski definition) is 3. The molecule has 0 aromatic heterocycles. The highest BCUT2D eigenvalue weighted by molar-refractivity contribution is 5.43. The van der Waals surface area contributed by atoms with E-state index in [0.29, 0.717) is 24.2 Å². The Balaban J connectivity index is 1.39. The quantitative estimate of drug-likeness (QED) is 0.566. The van der Waals surface area contributed by atoms with E-state index in [1.165, 1.54) is 24.0 Å². The van der Waals surface area contributed by atoms with E-state index < -0.39 is 11.7 Å². The highest BCUT2D eigenvalue weighted by atomic mass is 16.6. The molecule has 5 aliphatic rings. The zero-order chi connectivity index (χ0) is 22.3. The van der Waals surface area contributed by atoms with Gasteiger partial charge in [-0.1, -0.05) is 56.9 Å². The van der Waals surface area contributed by atoms with Gasteiger partial charge in [-0.3, -0.25) is 0 Å². The summed E-state index contributed by atoms with van der Waals surface area (Å²) >= 11 is 0. The van der Waals surface area contributed by atoms with Gasteiger partial charge in [-0.2, -0.15) is 0 Å². The summed E-state index contributed by atoms with van der Waals surface area (Å²) < 4.78 is 5.98. The van der Waals surface area contributed by atoms with Crippen molar-refractivity contribution in [2.45, 2.75) is 110 Å². The molecule has 10 atom stereocenters. The molecule has 4 heteroatoms. The van der Waals surface area contributed by atoms with Gasteiger partial charge in [-0.15, -0.1) is 0 Å². The molecule has 0 aromatic carbocycles. The molecule has 31 heavy (non-hydrogen) atoms. The van der Waals surface area contributed by atoms with E-state index in [1.54, 1.807) is 0 Å². The maximum atomic E-state index is 11.6.